The third-order valence-corrected chi connectivity index (χ3v) is 2.22. The highest BCUT2D eigenvalue weighted by Crippen LogP contribution is 2.13. The molecule has 0 fully saturated rings. The van der Waals surface area contributed by atoms with Crippen molar-refractivity contribution in [3.05, 3.63) is 29.8 Å². The van der Waals surface area contributed by atoms with Crippen LogP contribution < -0.4 is 4.74 Å². The lowest BCUT2D eigenvalue weighted by atomic mass is 10.1. The van der Waals surface area contributed by atoms with E-state index in [2.05, 4.69) is 0 Å². The molecule has 1 rings (SSSR count). The molecule has 0 unspecified atom stereocenters. The van der Waals surface area contributed by atoms with Crippen molar-refractivity contribution in [3.8, 4) is 5.75 Å². The van der Waals surface area contributed by atoms with E-state index in [9.17, 15) is 4.79 Å². The normalized spacial score (nSPS) is 9.69. The van der Waals surface area contributed by atoms with Gasteiger partial charge in [-0.05, 0) is 18.4 Å². The van der Waals surface area contributed by atoms with E-state index in [0.717, 1.165) is 5.75 Å². The van der Waals surface area contributed by atoms with Crippen LogP contribution in [-0.4, -0.2) is 24.9 Å². The van der Waals surface area contributed by atoms with Crippen molar-refractivity contribution in [1.29, 1.82) is 0 Å². The molecule has 0 saturated heterocycles. The Morgan fingerprint density at radius 1 is 1.54 bits per heavy atom. The summed E-state index contributed by atoms with van der Waals surface area (Å²) in [6, 6.07) is 7.22. The number of Topliss-reactive ketones (excluding diaryl/α,β-unsaturated/α-hetero) is 1. The number of thioether (sulfide) groups is 1. The SMILES string of the molecule is COc1cccc(C(=O)CSC)c1. The minimum absolute atomic E-state index is 0.145. The quantitative estimate of drug-likeness (QED) is 0.691. The Hall–Kier alpha value is -0.960. The number of ether oxygens (including phenoxy) is 1. The van der Waals surface area contributed by atoms with E-state index < -0.39 is 0 Å². The first-order chi connectivity index (χ1) is 6.27. The summed E-state index contributed by atoms with van der Waals surface area (Å²) in [5.41, 5.74) is 0.716. The summed E-state index contributed by atoms with van der Waals surface area (Å²) in [7, 11) is 1.60. The summed E-state index contributed by atoms with van der Waals surface area (Å²) < 4.78 is 5.02. The average Bonchev–Trinajstić information content (AvgIpc) is 2.18. The Kier molecular flexibility index (Phi) is 3.83. The molecule has 0 amide bonds. The molecule has 0 atom stereocenters. The Morgan fingerprint density at radius 3 is 2.92 bits per heavy atom. The molecule has 0 heterocycles. The maximum absolute atomic E-state index is 11.4. The highest BCUT2D eigenvalue weighted by Gasteiger charge is 2.04. The van der Waals surface area contributed by atoms with Crippen molar-refractivity contribution >= 4 is 17.5 Å². The van der Waals surface area contributed by atoms with Crippen LogP contribution in [0.5, 0.6) is 5.75 Å². The molecule has 0 aliphatic rings. The van der Waals surface area contributed by atoms with Gasteiger partial charge in [-0.2, -0.15) is 11.8 Å². The molecule has 0 spiro atoms. The lowest BCUT2D eigenvalue weighted by Crippen LogP contribution is -2.01. The lowest BCUT2D eigenvalue weighted by Gasteiger charge is -2.02. The molecule has 13 heavy (non-hydrogen) atoms. The van der Waals surface area contributed by atoms with Gasteiger partial charge in [0.1, 0.15) is 5.75 Å². The minimum Gasteiger partial charge on any atom is -0.497 e. The third-order valence-electron chi connectivity index (χ3n) is 1.67. The maximum Gasteiger partial charge on any atom is 0.172 e. The number of methoxy groups -OCH3 is 1. The highest BCUT2D eigenvalue weighted by atomic mass is 32.2. The van der Waals surface area contributed by atoms with Gasteiger partial charge < -0.3 is 4.74 Å². The van der Waals surface area contributed by atoms with Crippen LogP contribution in [0.2, 0.25) is 0 Å². The fourth-order valence-electron chi connectivity index (χ4n) is 1.01. The van der Waals surface area contributed by atoms with E-state index in [1.54, 1.807) is 19.2 Å². The summed E-state index contributed by atoms with van der Waals surface area (Å²) in [6.45, 7) is 0. The van der Waals surface area contributed by atoms with Gasteiger partial charge in [0.15, 0.2) is 5.78 Å². The number of hydrogen-bond acceptors (Lipinski definition) is 3. The molecule has 0 saturated carbocycles. The van der Waals surface area contributed by atoms with Crippen molar-refractivity contribution in [1.82, 2.24) is 0 Å². The zero-order chi connectivity index (χ0) is 9.68. The van der Waals surface area contributed by atoms with Gasteiger partial charge in [0, 0.05) is 5.56 Å². The van der Waals surface area contributed by atoms with E-state index in [1.165, 1.54) is 11.8 Å². The predicted molar refractivity (Wildman–Crippen MR) is 55.7 cm³/mol. The van der Waals surface area contributed by atoms with Gasteiger partial charge in [-0.15, -0.1) is 0 Å². The Bertz CT molecular complexity index is 297. The van der Waals surface area contributed by atoms with E-state index in [1.807, 2.05) is 18.4 Å². The van der Waals surface area contributed by atoms with Gasteiger partial charge in [0.2, 0.25) is 0 Å². The minimum atomic E-state index is 0.145. The van der Waals surface area contributed by atoms with E-state index in [0.29, 0.717) is 11.3 Å². The summed E-state index contributed by atoms with van der Waals surface area (Å²) >= 11 is 1.53. The van der Waals surface area contributed by atoms with Crippen LogP contribution in [0.1, 0.15) is 10.4 Å². The Morgan fingerprint density at radius 2 is 2.31 bits per heavy atom. The van der Waals surface area contributed by atoms with Crippen molar-refractivity contribution in [3.63, 3.8) is 0 Å². The van der Waals surface area contributed by atoms with Crippen LogP contribution in [0.3, 0.4) is 0 Å². The van der Waals surface area contributed by atoms with E-state index >= 15 is 0 Å². The molecule has 1 aromatic carbocycles. The fourth-order valence-corrected chi connectivity index (χ4v) is 1.44. The molecular formula is C10H12O2S. The van der Waals surface area contributed by atoms with Gasteiger partial charge >= 0.3 is 0 Å². The average molecular weight is 196 g/mol. The number of hydrogen-bond donors (Lipinski definition) is 0. The first kappa shape index (κ1) is 10.1. The zero-order valence-electron chi connectivity index (χ0n) is 7.74. The molecule has 0 bridgehead atoms. The zero-order valence-corrected chi connectivity index (χ0v) is 8.56. The van der Waals surface area contributed by atoms with Crippen LogP contribution in [-0.2, 0) is 0 Å². The summed E-state index contributed by atoms with van der Waals surface area (Å²) in [4.78, 5) is 11.4. The van der Waals surface area contributed by atoms with E-state index in [4.69, 9.17) is 4.74 Å². The molecule has 0 radical (unpaired) electrons. The van der Waals surface area contributed by atoms with Crippen LogP contribution in [0.25, 0.3) is 0 Å². The smallest absolute Gasteiger partial charge is 0.172 e. The van der Waals surface area contributed by atoms with Gasteiger partial charge in [-0.1, -0.05) is 12.1 Å². The molecule has 3 heteroatoms. The van der Waals surface area contributed by atoms with Gasteiger partial charge in [-0.3, -0.25) is 4.79 Å². The second kappa shape index (κ2) is 4.92. The Labute approximate surface area is 82.3 Å². The molecule has 1 aromatic rings. The van der Waals surface area contributed by atoms with Crippen molar-refractivity contribution in [2.75, 3.05) is 19.1 Å². The van der Waals surface area contributed by atoms with Gasteiger partial charge in [0.25, 0.3) is 0 Å². The number of carbonyl (C=O) groups excluding carboxylic acids is 1. The lowest BCUT2D eigenvalue weighted by molar-refractivity contribution is 0.102. The summed E-state index contributed by atoms with van der Waals surface area (Å²) in [6.07, 6.45) is 1.91. The summed E-state index contributed by atoms with van der Waals surface area (Å²) in [5.74, 6) is 1.39. The van der Waals surface area contributed by atoms with Crippen LogP contribution in [0.4, 0.5) is 0 Å². The molecule has 70 valence electrons. The molecular weight excluding hydrogens is 184 g/mol. The highest BCUT2D eigenvalue weighted by molar-refractivity contribution is 7.99. The standard InChI is InChI=1S/C10H12O2S/c1-12-9-5-3-4-8(6-9)10(11)7-13-2/h3-6H,7H2,1-2H3. The number of benzene rings is 1. The molecule has 0 aromatic heterocycles. The van der Waals surface area contributed by atoms with Crippen LogP contribution in [0.15, 0.2) is 24.3 Å². The first-order valence-electron chi connectivity index (χ1n) is 3.94. The maximum atomic E-state index is 11.4. The topological polar surface area (TPSA) is 26.3 Å². The molecule has 0 N–H and O–H groups in total. The number of carbonyl (C=O) groups is 1. The van der Waals surface area contributed by atoms with Gasteiger partial charge in [-0.25, -0.2) is 0 Å². The van der Waals surface area contributed by atoms with Crippen molar-refractivity contribution in [2.24, 2.45) is 0 Å². The first-order valence-corrected chi connectivity index (χ1v) is 5.33. The fraction of sp³-hybridized carbons (Fsp3) is 0.300. The monoisotopic (exact) mass is 196 g/mol. The van der Waals surface area contributed by atoms with Crippen molar-refractivity contribution < 1.29 is 9.53 Å². The second-order valence-corrected chi connectivity index (χ2v) is 3.45. The number of rotatable bonds is 4. The van der Waals surface area contributed by atoms with E-state index in [-0.39, 0.29) is 5.78 Å². The number of ketones is 1. The predicted octanol–water partition coefficient (Wildman–Crippen LogP) is 2.24. The van der Waals surface area contributed by atoms with Crippen LogP contribution >= 0.6 is 11.8 Å². The summed E-state index contributed by atoms with van der Waals surface area (Å²) in [5, 5.41) is 0. The Balaban J connectivity index is 2.82. The van der Waals surface area contributed by atoms with Crippen LogP contribution in [0, 0.1) is 0 Å². The third kappa shape index (κ3) is 2.77. The molecule has 2 nitrogen and oxygen atoms in total. The molecule has 0 aliphatic carbocycles. The van der Waals surface area contributed by atoms with Gasteiger partial charge in [0.05, 0.1) is 12.9 Å². The second-order valence-electron chi connectivity index (χ2n) is 2.59. The largest absolute Gasteiger partial charge is 0.497 e. The molecule has 0 aliphatic heterocycles. The van der Waals surface area contributed by atoms with Crippen molar-refractivity contribution in [2.45, 2.75) is 0 Å².